The van der Waals surface area contributed by atoms with Crippen LogP contribution in [0.2, 0.25) is 0 Å². The van der Waals surface area contributed by atoms with Gasteiger partial charge in [-0.25, -0.2) is 0 Å². The first-order valence-corrected chi connectivity index (χ1v) is 6.80. The number of halogens is 1. The van der Waals surface area contributed by atoms with Gasteiger partial charge in [0, 0.05) is 34.9 Å². The van der Waals surface area contributed by atoms with Gasteiger partial charge in [-0.2, -0.15) is 0 Å². The van der Waals surface area contributed by atoms with E-state index in [4.69, 9.17) is 4.74 Å². The molecule has 2 aromatic heterocycles. The maximum Gasteiger partial charge on any atom is 0.138 e. The van der Waals surface area contributed by atoms with Crippen LogP contribution >= 0.6 is 15.9 Å². The number of ether oxygens (including phenoxy) is 1. The van der Waals surface area contributed by atoms with E-state index in [1.165, 1.54) is 16.5 Å². The van der Waals surface area contributed by atoms with Crippen molar-refractivity contribution in [3.05, 3.63) is 59.0 Å². The molecule has 3 rings (SSSR count). The van der Waals surface area contributed by atoms with Gasteiger partial charge in [0.1, 0.15) is 12.4 Å². The predicted octanol–water partition coefficient (Wildman–Crippen LogP) is 3.91. The second kappa shape index (κ2) is 5.05. The Kier molecular flexibility index (Phi) is 3.25. The topological polar surface area (TPSA) is 27.1 Å². The van der Waals surface area contributed by atoms with Gasteiger partial charge in [-0.3, -0.25) is 4.98 Å². The Morgan fingerprint density at radius 1 is 1.26 bits per heavy atom. The molecule has 0 aliphatic carbocycles. The van der Waals surface area contributed by atoms with Crippen LogP contribution in [0.1, 0.15) is 5.56 Å². The summed E-state index contributed by atoms with van der Waals surface area (Å²) < 4.78 is 8.97. The molecule has 0 saturated carbocycles. The lowest BCUT2D eigenvalue weighted by Gasteiger charge is -2.04. The fourth-order valence-corrected chi connectivity index (χ4v) is 2.86. The third-order valence-electron chi connectivity index (χ3n) is 3.06. The Bertz CT molecular complexity index is 707. The van der Waals surface area contributed by atoms with Crippen molar-refractivity contribution in [2.75, 3.05) is 0 Å². The number of para-hydroxylation sites is 1. The van der Waals surface area contributed by atoms with Gasteiger partial charge in [-0.1, -0.05) is 12.1 Å². The summed E-state index contributed by atoms with van der Waals surface area (Å²) in [5, 5.41) is 1.21. The average Bonchev–Trinajstić information content (AvgIpc) is 2.76. The van der Waals surface area contributed by atoms with Crippen molar-refractivity contribution < 1.29 is 4.74 Å². The number of hydrogen-bond acceptors (Lipinski definition) is 2. The molecule has 0 aliphatic heterocycles. The molecule has 0 fully saturated rings. The maximum atomic E-state index is 5.76. The minimum atomic E-state index is 0.541. The molecule has 0 aliphatic rings. The Balaban J connectivity index is 1.92. The van der Waals surface area contributed by atoms with E-state index in [2.05, 4.69) is 37.7 Å². The first-order chi connectivity index (χ1) is 9.25. The molecule has 0 unspecified atom stereocenters. The van der Waals surface area contributed by atoms with Crippen LogP contribution < -0.4 is 4.74 Å². The van der Waals surface area contributed by atoms with E-state index in [1.54, 1.807) is 12.4 Å². The van der Waals surface area contributed by atoms with Crippen LogP contribution in [0.3, 0.4) is 0 Å². The first-order valence-electron chi connectivity index (χ1n) is 6.01. The van der Waals surface area contributed by atoms with Crippen molar-refractivity contribution in [3.8, 4) is 5.75 Å². The molecule has 1 aromatic carbocycles. The minimum absolute atomic E-state index is 0.541. The largest absolute Gasteiger partial charge is 0.487 e. The third kappa shape index (κ3) is 2.36. The molecule has 0 N–H and O–H groups in total. The SMILES string of the molecule is Cn1cc(COc2cccnc2)c2cccc(Br)c21. The number of aromatic nitrogens is 2. The number of nitrogens with zero attached hydrogens (tertiary/aromatic N) is 2. The summed E-state index contributed by atoms with van der Waals surface area (Å²) in [4.78, 5) is 4.04. The van der Waals surface area contributed by atoms with Gasteiger partial charge >= 0.3 is 0 Å². The lowest BCUT2D eigenvalue weighted by atomic mass is 10.2. The van der Waals surface area contributed by atoms with E-state index in [9.17, 15) is 0 Å². The average molecular weight is 317 g/mol. The van der Waals surface area contributed by atoms with Gasteiger partial charge in [0.25, 0.3) is 0 Å². The molecular formula is C15H13BrN2O. The van der Waals surface area contributed by atoms with E-state index in [-0.39, 0.29) is 0 Å². The van der Waals surface area contributed by atoms with Crippen molar-refractivity contribution >= 4 is 26.8 Å². The molecule has 0 radical (unpaired) electrons. The minimum Gasteiger partial charge on any atom is -0.487 e. The third-order valence-corrected chi connectivity index (χ3v) is 3.70. The van der Waals surface area contributed by atoms with Crippen molar-refractivity contribution in [3.63, 3.8) is 0 Å². The van der Waals surface area contributed by atoms with E-state index in [0.717, 1.165) is 10.2 Å². The van der Waals surface area contributed by atoms with E-state index < -0.39 is 0 Å². The molecule has 2 heterocycles. The smallest absolute Gasteiger partial charge is 0.138 e. The van der Waals surface area contributed by atoms with Gasteiger partial charge in [0.05, 0.1) is 11.7 Å². The highest BCUT2D eigenvalue weighted by Crippen LogP contribution is 2.28. The molecule has 0 saturated heterocycles. The highest BCUT2D eigenvalue weighted by Gasteiger charge is 2.09. The summed E-state index contributed by atoms with van der Waals surface area (Å²) in [6.07, 6.45) is 5.56. The molecule has 4 heteroatoms. The Hall–Kier alpha value is -1.81. The predicted molar refractivity (Wildman–Crippen MR) is 79.2 cm³/mol. The number of rotatable bonds is 3. The first kappa shape index (κ1) is 12.2. The number of fused-ring (bicyclic) bond motifs is 1. The molecule has 19 heavy (non-hydrogen) atoms. The number of aryl methyl sites for hydroxylation is 1. The summed E-state index contributed by atoms with van der Waals surface area (Å²) in [7, 11) is 2.04. The monoisotopic (exact) mass is 316 g/mol. The van der Waals surface area contributed by atoms with Gasteiger partial charge in [-0.05, 0) is 34.1 Å². The Morgan fingerprint density at radius 2 is 2.16 bits per heavy atom. The van der Waals surface area contributed by atoms with Crippen LogP contribution in [-0.2, 0) is 13.7 Å². The van der Waals surface area contributed by atoms with Crippen molar-refractivity contribution in [1.82, 2.24) is 9.55 Å². The summed E-state index contributed by atoms with van der Waals surface area (Å²) in [6, 6.07) is 9.99. The van der Waals surface area contributed by atoms with Crippen LogP contribution in [0.15, 0.2) is 53.4 Å². The zero-order valence-electron chi connectivity index (χ0n) is 10.5. The van der Waals surface area contributed by atoms with Crippen LogP contribution in [-0.4, -0.2) is 9.55 Å². The Labute approximate surface area is 120 Å². The lowest BCUT2D eigenvalue weighted by Crippen LogP contribution is -1.94. The summed E-state index contributed by atoms with van der Waals surface area (Å²) in [6.45, 7) is 0.541. The summed E-state index contributed by atoms with van der Waals surface area (Å²) in [5.74, 6) is 0.787. The van der Waals surface area contributed by atoms with Gasteiger partial charge in [0.2, 0.25) is 0 Å². The Morgan fingerprint density at radius 3 is 2.95 bits per heavy atom. The molecule has 3 nitrogen and oxygen atoms in total. The number of hydrogen-bond donors (Lipinski definition) is 0. The van der Waals surface area contributed by atoms with Gasteiger partial charge < -0.3 is 9.30 Å². The van der Waals surface area contributed by atoms with Crippen molar-refractivity contribution in [2.45, 2.75) is 6.61 Å². The highest BCUT2D eigenvalue weighted by atomic mass is 79.9. The zero-order valence-corrected chi connectivity index (χ0v) is 12.1. The molecule has 0 atom stereocenters. The summed E-state index contributed by atoms with van der Waals surface area (Å²) in [5.41, 5.74) is 2.36. The second-order valence-corrected chi connectivity index (χ2v) is 5.23. The molecular weight excluding hydrogens is 304 g/mol. The number of pyridine rings is 1. The molecule has 0 spiro atoms. The van der Waals surface area contributed by atoms with Crippen LogP contribution in [0, 0.1) is 0 Å². The van der Waals surface area contributed by atoms with Gasteiger partial charge in [0.15, 0.2) is 0 Å². The van der Waals surface area contributed by atoms with Crippen molar-refractivity contribution in [1.29, 1.82) is 0 Å². The summed E-state index contributed by atoms with van der Waals surface area (Å²) >= 11 is 3.59. The standard InChI is InChI=1S/C15H13BrN2O/c1-18-9-11(10-19-12-4-3-7-17-8-12)13-5-2-6-14(16)15(13)18/h2-9H,10H2,1H3. The lowest BCUT2D eigenvalue weighted by molar-refractivity contribution is 0.306. The van der Waals surface area contributed by atoms with Crippen LogP contribution in [0.25, 0.3) is 10.9 Å². The fourth-order valence-electron chi connectivity index (χ4n) is 2.21. The van der Waals surface area contributed by atoms with E-state index in [1.807, 2.05) is 31.3 Å². The fraction of sp³-hybridized carbons (Fsp3) is 0.133. The van der Waals surface area contributed by atoms with E-state index >= 15 is 0 Å². The highest BCUT2D eigenvalue weighted by molar-refractivity contribution is 9.10. The molecule has 0 amide bonds. The normalized spacial score (nSPS) is 10.8. The zero-order chi connectivity index (χ0) is 13.2. The second-order valence-electron chi connectivity index (χ2n) is 4.38. The quantitative estimate of drug-likeness (QED) is 0.732. The molecule has 96 valence electrons. The van der Waals surface area contributed by atoms with Crippen LogP contribution in [0.4, 0.5) is 0 Å². The molecule has 3 aromatic rings. The van der Waals surface area contributed by atoms with E-state index in [0.29, 0.717) is 6.61 Å². The molecule has 0 bridgehead atoms. The van der Waals surface area contributed by atoms with Crippen molar-refractivity contribution in [2.24, 2.45) is 7.05 Å². The maximum absolute atomic E-state index is 5.76. The van der Waals surface area contributed by atoms with Crippen LogP contribution in [0.5, 0.6) is 5.75 Å². The number of benzene rings is 1. The van der Waals surface area contributed by atoms with Gasteiger partial charge in [-0.15, -0.1) is 0 Å².